The molecule has 0 spiro atoms. The molecule has 4 rings (SSSR count). The molecule has 2 aromatic carbocycles. The van der Waals surface area contributed by atoms with E-state index in [4.69, 9.17) is 5.73 Å². The molecular formula is C21H16F3N3O3. The summed E-state index contributed by atoms with van der Waals surface area (Å²) in [7, 11) is 0. The van der Waals surface area contributed by atoms with Crippen molar-refractivity contribution in [1.29, 1.82) is 0 Å². The number of hydrogen-bond donors (Lipinski definition) is 3. The second-order valence-corrected chi connectivity index (χ2v) is 6.42. The SMILES string of the molecule is NC(=O)Cc1c[nH]c2ccccc12.O=C1C=C(c2ccccc2C(F)(F)F)C(=O)N1. The molecular weight excluding hydrogens is 399 g/mol. The van der Waals surface area contributed by atoms with Crippen molar-refractivity contribution in [2.75, 3.05) is 0 Å². The van der Waals surface area contributed by atoms with Crippen LogP contribution in [0.25, 0.3) is 16.5 Å². The van der Waals surface area contributed by atoms with Gasteiger partial charge in [-0.05, 0) is 23.3 Å². The van der Waals surface area contributed by atoms with Crippen LogP contribution >= 0.6 is 0 Å². The molecule has 1 aliphatic rings. The minimum Gasteiger partial charge on any atom is -0.369 e. The molecule has 0 fully saturated rings. The predicted octanol–water partition coefficient (Wildman–Crippen LogP) is 2.94. The molecule has 9 heteroatoms. The number of primary amides is 1. The van der Waals surface area contributed by atoms with E-state index in [2.05, 4.69) is 4.98 Å². The third kappa shape index (κ3) is 4.57. The quantitative estimate of drug-likeness (QED) is 0.573. The van der Waals surface area contributed by atoms with Crippen molar-refractivity contribution in [3.63, 3.8) is 0 Å². The number of rotatable bonds is 3. The molecule has 30 heavy (non-hydrogen) atoms. The zero-order valence-electron chi connectivity index (χ0n) is 15.4. The third-order valence-electron chi connectivity index (χ3n) is 4.32. The van der Waals surface area contributed by atoms with Gasteiger partial charge in [-0.15, -0.1) is 0 Å². The fourth-order valence-corrected chi connectivity index (χ4v) is 3.04. The highest BCUT2D eigenvalue weighted by Crippen LogP contribution is 2.35. The van der Waals surface area contributed by atoms with Crippen molar-refractivity contribution in [2.45, 2.75) is 12.6 Å². The number of carbonyl (C=O) groups excluding carboxylic acids is 3. The maximum atomic E-state index is 12.7. The molecule has 0 bridgehead atoms. The number of imide groups is 1. The molecule has 1 aliphatic heterocycles. The lowest BCUT2D eigenvalue weighted by Gasteiger charge is -2.11. The Hall–Kier alpha value is -3.88. The highest BCUT2D eigenvalue weighted by atomic mass is 19.4. The minimum atomic E-state index is -4.57. The number of H-pyrrole nitrogens is 1. The Morgan fingerprint density at radius 1 is 1.00 bits per heavy atom. The van der Waals surface area contributed by atoms with Crippen LogP contribution in [0.1, 0.15) is 16.7 Å². The Balaban J connectivity index is 0.000000177. The molecule has 3 amide bonds. The highest BCUT2D eigenvalue weighted by molar-refractivity contribution is 6.33. The lowest BCUT2D eigenvalue weighted by molar-refractivity contribution is -0.137. The second kappa shape index (κ2) is 8.24. The zero-order valence-corrected chi connectivity index (χ0v) is 15.4. The molecule has 0 saturated heterocycles. The van der Waals surface area contributed by atoms with Crippen LogP contribution < -0.4 is 11.1 Å². The second-order valence-electron chi connectivity index (χ2n) is 6.42. The Bertz CT molecular complexity index is 1160. The van der Waals surface area contributed by atoms with E-state index in [0.717, 1.165) is 34.7 Å². The fraction of sp³-hybridized carbons (Fsp3) is 0.0952. The van der Waals surface area contributed by atoms with Gasteiger partial charge in [0.25, 0.3) is 11.8 Å². The van der Waals surface area contributed by atoms with E-state index >= 15 is 0 Å². The molecule has 0 saturated carbocycles. The molecule has 0 radical (unpaired) electrons. The molecule has 6 nitrogen and oxygen atoms in total. The summed E-state index contributed by atoms with van der Waals surface area (Å²) in [5, 5.41) is 2.98. The van der Waals surface area contributed by atoms with Crippen LogP contribution in [-0.4, -0.2) is 22.7 Å². The number of nitrogens with one attached hydrogen (secondary N) is 2. The number of nitrogens with two attached hydrogens (primary N) is 1. The lowest BCUT2D eigenvalue weighted by atomic mass is 9.99. The fourth-order valence-electron chi connectivity index (χ4n) is 3.04. The van der Waals surface area contributed by atoms with Crippen LogP contribution in [-0.2, 0) is 27.0 Å². The molecule has 0 unspecified atom stereocenters. The molecule has 2 heterocycles. The van der Waals surface area contributed by atoms with E-state index in [1.165, 1.54) is 12.1 Å². The van der Waals surface area contributed by atoms with E-state index < -0.39 is 23.6 Å². The summed E-state index contributed by atoms with van der Waals surface area (Å²) >= 11 is 0. The Morgan fingerprint density at radius 3 is 2.30 bits per heavy atom. The number of hydrogen-bond acceptors (Lipinski definition) is 3. The number of benzene rings is 2. The monoisotopic (exact) mass is 415 g/mol. The molecule has 1 aromatic heterocycles. The number of aromatic amines is 1. The maximum absolute atomic E-state index is 12.7. The van der Waals surface area contributed by atoms with Gasteiger partial charge in [-0.2, -0.15) is 13.2 Å². The number of para-hydroxylation sites is 1. The van der Waals surface area contributed by atoms with E-state index in [0.29, 0.717) is 6.42 Å². The number of aromatic nitrogens is 1. The summed E-state index contributed by atoms with van der Waals surface area (Å²) in [5.74, 6) is -1.82. The number of alkyl halides is 3. The van der Waals surface area contributed by atoms with Crippen LogP contribution in [0.3, 0.4) is 0 Å². The molecule has 154 valence electrons. The maximum Gasteiger partial charge on any atom is 0.417 e. The summed E-state index contributed by atoms with van der Waals surface area (Å²) in [5.41, 5.74) is 5.64. The molecule has 0 aliphatic carbocycles. The summed E-state index contributed by atoms with van der Waals surface area (Å²) in [6, 6.07) is 12.5. The molecule has 3 aromatic rings. The topological polar surface area (TPSA) is 105 Å². The van der Waals surface area contributed by atoms with Crippen LogP contribution in [0.4, 0.5) is 13.2 Å². The highest BCUT2D eigenvalue weighted by Gasteiger charge is 2.36. The first kappa shape index (κ1) is 20.8. The summed E-state index contributed by atoms with van der Waals surface area (Å²) in [4.78, 5) is 36.0. The first-order valence-corrected chi connectivity index (χ1v) is 8.73. The van der Waals surface area contributed by atoms with Crippen molar-refractivity contribution in [3.05, 3.63) is 77.5 Å². The van der Waals surface area contributed by atoms with Crippen molar-refractivity contribution in [3.8, 4) is 0 Å². The Morgan fingerprint density at radius 2 is 1.67 bits per heavy atom. The largest absolute Gasteiger partial charge is 0.417 e. The number of halogens is 3. The van der Waals surface area contributed by atoms with Crippen molar-refractivity contribution < 1.29 is 27.6 Å². The van der Waals surface area contributed by atoms with Crippen LogP contribution in [0, 0.1) is 0 Å². The average molecular weight is 415 g/mol. The van der Waals surface area contributed by atoms with Crippen LogP contribution in [0.15, 0.2) is 60.8 Å². The standard InChI is InChI=1S/C11H6F3NO2.C10H10N2O/c12-11(13,14)8-4-2-1-3-6(8)7-5-9(16)15-10(7)17;11-10(13)5-7-6-12-9-4-2-1-3-8(7)9/h1-5H,(H,15,16,17);1-4,6,12H,5H2,(H2,11,13). The third-order valence-corrected chi connectivity index (χ3v) is 4.32. The molecule has 0 atom stereocenters. The first-order valence-electron chi connectivity index (χ1n) is 8.73. The van der Waals surface area contributed by atoms with Gasteiger partial charge in [-0.1, -0.05) is 36.4 Å². The van der Waals surface area contributed by atoms with Crippen molar-refractivity contribution in [1.82, 2.24) is 10.3 Å². The van der Waals surface area contributed by atoms with Crippen LogP contribution in [0.2, 0.25) is 0 Å². The van der Waals surface area contributed by atoms with E-state index in [9.17, 15) is 27.6 Å². The van der Waals surface area contributed by atoms with Crippen molar-refractivity contribution >= 4 is 34.2 Å². The van der Waals surface area contributed by atoms with Gasteiger partial charge in [-0.3, -0.25) is 19.7 Å². The summed E-state index contributed by atoms with van der Waals surface area (Å²) in [6.45, 7) is 0. The first-order chi connectivity index (χ1) is 14.2. The van der Waals surface area contributed by atoms with E-state index in [-0.39, 0.29) is 17.0 Å². The predicted molar refractivity (Wildman–Crippen MR) is 104 cm³/mol. The molecule has 4 N–H and O–H groups in total. The summed E-state index contributed by atoms with van der Waals surface area (Å²) < 4.78 is 38.0. The lowest BCUT2D eigenvalue weighted by Crippen LogP contribution is -2.22. The Kier molecular flexibility index (Phi) is 5.72. The zero-order chi connectivity index (χ0) is 21.9. The van der Waals surface area contributed by atoms with Gasteiger partial charge < -0.3 is 10.7 Å². The average Bonchev–Trinajstić information content (AvgIpc) is 3.24. The van der Waals surface area contributed by atoms with Gasteiger partial charge in [0.2, 0.25) is 5.91 Å². The normalized spacial score (nSPS) is 13.5. The van der Waals surface area contributed by atoms with Crippen LogP contribution in [0.5, 0.6) is 0 Å². The van der Waals surface area contributed by atoms with E-state index in [1.54, 1.807) is 0 Å². The van der Waals surface area contributed by atoms with Crippen molar-refractivity contribution in [2.24, 2.45) is 5.73 Å². The van der Waals surface area contributed by atoms with Gasteiger partial charge in [0, 0.05) is 23.2 Å². The number of amides is 3. The number of fused-ring (bicyclic) bond motifs is 1. The Labute approximate surface area is 168 Å². The smallest absolute Gasteiger partial charge is 0.369 e. The van der Waals surface area contributed by atoms with Gasteiger partial charge >= 0.3 is 6.18 Å². The van der Waals surface area contributed by atoms with E-state index in [1.807, 2.05) is 35.8 Å². The van der Waals surface area contributed by atoms with Gasteiger partial charge in [0.1, 0.15) is 0 Å². The number of carbonyl (C=O) groups is 3. The van der Waals surface area contributed by atoms with Gasteiger partial charge in [0.05, 0.1) is 17.6 Å². The minimum absolute atomic E-state index is 0.261. The summed E-state index contributed by atoms with van der Waals surface area (Å²) in [6.07, 6.45) is -1.57. The van der Waals surface area contributed by atoms with Gasteiger partial charge in [-0.25, -0.2) is 0 Å². The van der Waals surface area contributed by atoms with Gasteiger partial charge in [0.15, 0.2) is 0 Å².